The van der Waals surface area contributed by atoms with E-state index in [2.05, 4.69) is 56.5 Å². The van der Waals surface area contributed by atoms with Crippen LogP contribution in [0, 0.1) is 0 Å². The van der Waals surface area contributed by atoms with Crippen molar-refractivity contribution in [3.63, 3.8) is 0 Å². The van der Waals surface area contributed by atoms with Crippen molar-refractivity contribution in [3.05, 3.63) is 29.8 Å². The third kappa shape index (κ3) is 6.71. The number of fused-ring (bicyclic) bond motifs is 3. The summed E-state index contributed by atoms with van der Waals surface area (Å²) in [4.78, 5) is 12.9. The molecule has 0 amide bonds. The number of piperazine rings is 3. The lowest BCUT2D eigenvalue weighted by molar-refractivity contribution is 0.0154. The van der Waals surface area contributed by atoms with E-state index < -0.39 is 0 Å². The average Bonchev–Trinajstić information content (AvgIpc) is 2.84. The molecular weight excluding hydrogens is 515 g/mol. The van der Waals surface area contributed by atoms with Gasteiger partial charge < -0.3 is 15.4 Å². The molecule has 8 heteroatoms. The molecule has 2 atom stereocenters. The quantitative estimate of drug-likeness (QED) is 0.292. The summed E-state index contributed by atoms with van der Waals surface area (Å²) in [7, 11) is 1.72. The van der Waals surface area contributed by atoms with Gasteiger partial charge in [-0.25, -0.2) is 0 Å². The summed E-state index contributed by atoms with van der Waals surface area (Å²) in [5.74, 6) is 1.85. The van der Waals surface area contributed by atoms with E-state index in [1.54, 1.807) is 7.11 Å². The van der Waals surface area contributed by atoms with E-state index >= 15 is 0 Å². The van der Waals surface area contributed by atoms with Crippen LogP contribution in [-0.4, -0.2) is 99.3 Å². The summed E-state index contributed by atoms with van der Waals surface area (Å²) in [5.41, 5.74) is 1.32. The second-order valence-electron chi connectivity index (χ2n) is 8.98. The predicted octanol–water partition coefficient (Wildman–Crippen LogP) is 2.40. The number of aliphatic imine (C=N–C) groups is 1. The van der Waals surface area contributed by atoms with Gasteiger partial charge in [-0.05, 0) is 50.6 Å². The van der Waals surface area contributed by atoms with E-state index in [0.717, 1.165) is 44.4 Å². The number of ether oxygens (including phenoxy) is 1. The third-order valence-electron chi connectivity index (χ3n) is 7.00. The molecule has 0 spiro atoms. The number of rotatable bonds is 8. The first-order valence-corrected chi connectivity index (χ1v) is 12.1. The van der Waals surface area contributed by atoms with Gasteiger partial charge in [0.15, 0.2) is 5.96 Å². The molecule has 1 aromatic carbocycles. The van der Waals surface area contributed by atoms with Crippen molar-refractivity contribution in [1.82, 2.24) is 25.3 Å². The fourth-order valence-electron chi connectivity index (χ4n) is 5.14. The number of likely N-dealkylation sites (tertiary alicyclic amines) is 1. The minimum atomic E-state index is 0. The maximum atomic E-state index is 5.37. The Bertz CT molecular complexity index is 701. The van der Waals surface area contributed by atoms with Crippen LogP contribution in [0.2, 0.25) is 0 Å². The van der Waals surface area contributed by atoms with Crippen LogP contribution >= 0.6 is 24.0 Å². The van der Waals surface area contributed by atoms with Crippen LogP contribution in [-0.2, 0) is 0 Å². The number of nitrogens with one attached hydrogen (secondary N) is 2. The number of guanidine groups is 1. The van der Waals surface area contributed by atoms with Gasteiger partial charge in [0.25, 0.3) is 0 Å². The van der Waals surface area contributed by atoms with Crippen molar-refractivity contribution >= 4 is 29.9 Å². The van der Waals surface area contributed by atoms with Crippen LogP contribution in [0.4, 0.5) is 0 Å². The van der Waals surface area contributed by atoms with Crippen LogP contribution in [0.1, 0.15) is 37.8 Å². The molecule has 180 valence electrons. The zero-order valence-electron chi connectivity index (χ0n) is 19.8. The van der Waals surface area contributed by atoms with Gasteiger partial charge in [0.05, 0.1) is 19.7 Å². The van der Waals surface area contributed by atoms with Gasteiger partial charge in [-0.15, -0.1) is 24.0 Å². The number of nitrogens with zero attached hydrogens (tertiary/aromatic N) is 4. The molecule has 0 radical (unpaired) electrons. The zero-order chi connectivity index (χ0) is 21.5. The average molecular weight is 557 g/mol. The fraction of sp³-hybridized carbons (Fsp3) is 0.708. The minimum absolute atomic E-state index is 0. The summed E-state index contributed by atoms with van der Waals surface area (Å²) in [6.07, 6.45) is 3.90. The smallest absolute Gasteiger partial charge is 0.191 e. The summed E-state index contributed by atoms with van der Waals surface area (Å²) < 4.78 is 5.37. The molecule has 0 aliphatic carbocycles. The normalized spacial score (nSPS) is 26.8. The minimum Gasteiger partial charge on any atom is -0.497 e. The standard InChI is InChI=1S/C24H40N6O.HI/c1-3-25-24(26-17-21-19-28-13-15-29(21)16-14-28)27-18-23(30-11-5-4-6-12-30)20-7-9-22(31-2)10-8-20;/h7-10,21,23H,3-6,11-19H2,1-2H3,(H2,25,26,27);1H. The summed E-state index contributed by atoms with van der Waals surface area (Å²) in [6.45, 7) is 13.1. The Morgan fingerprint density at radius 1 is 1.03 bits per heavy atom. The van der Waals surface area contributed by atoms with Gasteiger partial charge in [0.1, 0.15) is 5.75 Å². The van der Waals surface area contributed by atoms with Crippen LogP contribution in [0.5, 0.6) is 5.75 Å². The molecule has 7 nitrogen and oxygen atoms in total. The highest BCUT2D eigenvalue weighted by Gasteiger charge is 2.31. The molecular formula is C24H41IN6O. The molecule has 4 saturated heterocycles. The zero-order valence-corrected chi connectivity index (χ0v) is 22.1. The first kappa shape index (κ1) is 25.5. The Morgan fingerprint density at radius 2 is 1.75 bits per heavy atom. The van der Waals surface area contributed by atoms with E-state index in [-0.39, 0.29) is 24.0 Å². The van der Waals surface area contributed by atoms with Gasteiger partial charge in [-0.1, -0.05) is 18.6 Å². The Hall–Kier alpha value is -1.10. The van der Waals surface area contributed by atoms with Gasteiger partial charge in [-0.3, -0.25) is 19.7 Å². The lowest BCUT2D eigenvalue weighted by atomic mass is 10.0. The Morgan fingerprint density at radius 3 is 2.34 bits per heavy atom. The van der Waals surface area contributed by atoms with Gasteiger partial charge >= 0.3 is 0 Å². The molecule has 1 aromatic rings. The first-order valence-electron chi connectivity index (χ1n) is 12.1. The number of methoxy groups -OCH3 is 1. The Kier molecular flexibility index (Phi) is 10.3. The van der Waals surface area contributed by atoms with Crippen molar-refractivity contribution in [2.45, 2.75) is 38.3 Å². The lowest BCUT2D eigenvalue weighted by Crippen LogP contribution is -2.63. The van der Waals surface area contributed by atoms with Gasteiger partial charge in [0, 0.05) is 51.9 Å². The summed E-state index contributed by atoms with van der Waals surface area (Å²) in [5, 5.41) is 7.10. The molecule has 4 heterocycles. The maximum absolute atomic E-state index is 5.37. The number of piperidine rings is 1. The molecule has 4 aliphatic heterocycles. The molecule has 32 heavy (non-hydrogen) atoms. The van der Waals surface area contributed by atoms with Crippen LogP contribution in [0.25, 0.3) is 0 Å². The molecule has 2 unspecified atom stereocenters. The lowest BCUT2D eigenvalue weighted by Gasteiger charge is -2.47. The molecule has 0 saturated carbocycles. The molecule has 2 bridgehead atoms. The molecule has 5 rings (SSSR count). The molecule has 4 aliphatic rings. The van der Waals surface area contributed by atoms with Crippen molar-refractivity contribution in [2.24, 2.45) is 4.99 Å². The van der Waals surface area contributed by atoms with Crippen LogP contribution < -0.4 is 15.4 Å². The summed E-state index contributed by atoms with van der Waals surface area (Å²) >= 11 is 0. The highest BCUT2D eigenvalue weighted by Crippen LogP contribution is 2.26. The summed E-state index contributed by atoms with van der Waals surface area (Å²) in [6, 6.07) is 9.44. The second kappa shape index (κ2) is 13.0. The van der Waals surface area contributed by atoms with E-state index in [1.807, 2.05) is 0 Å². The van der Waals surface area contributed by atoms with Crippen LogP contribution in [0.3, 0.4) is 0 Å². The molecule has 4 fully saturated rings. The largest absolute Gasteiger partial charge is 0.497 e. The number of benzene rings is 1. The molecule has 0 aromatic heterocycles. The van der Waals surface area contributed by atoms with Crippen molar-refractivity contribution in [2.75, 3.05) is 72.6 Å². The number of halogens is 1. The monoisotopic (exact) mass is 556 g/mol. The predicted molar refractivity (Wildman–Crippen MR) is 142 cm³/mol. The first-order chi connectivity index (χ1) is 15.3. The number of hydrogen-bond donors (Lipinski definition) is 2. The van der Waals surface area contributed by atoms with E-state index in [9.17, 15) is 0 Å². The second-order valence-corrected chi connectivity index (χ2v) is 8.98. The Balaban J connectivity index is 0.00000289. The van der Waals surface area contributed by atoms with Crippen molar-refractivity contribution < 1.29 is 4.74 Å². The van der Waals surface area contributed by atoms with E-state index in [4.69, 9.17) is 9.73 Å². The topological polar surface area (TPSA) is 55.4 Å². The van der Waals surface area contributed by atoms with Crippen LogP contribution in [0.15, 0.2) is 29.3 Å². The highest BCUT2D eigenvalue weighted by atomic mass is 127. The SMILES string of the molecule is CCNC(=NCC(c1ccc(OC)cc1)N1CCCCC1)NCC1CN2CCN1CC2.I. The van der Waals surface area contributed by atoms with E-state index in [1.165, 1.54) is 57.5 Å². The molecule has 2 N–H and O–H groups in total. The van der Waals surface area contributed by atoms with Gasteiger partial charge in [-0.2, -0.15) is 0 Å². The maximum Gasteiger partial charge on any atom is 0.191 e. The Labute approximate surface area is 211 Å². The fourth-order valence-corrected chi connectivity index (χ4v) is 5.14. The van der Waals surface area contributed by atoms with Crippen molar-refractivity contribution in [3.8, 4) is 5.75 Å². The highest BCUT2D eigenvalue weighted by molar-refractivity contribution is 14.0. The third-order valence-corrected chi connectivity index (χ3v) is 7.00. The van der Waals surface area contributed by atoms with E-state index in [0.29, 0.717) is 12.1 Å². The van der Waals surface area contributed by atoms with Crippen molar-refractivity contribution in [1.29, 1.82) is 0 Å². The number of hydrogen-bond acceptors (Lipinski definition) is 5. The van der Waals surface area contributed by atoms with Gasteiger partial charge in [0.2, 0.25) is 0 Å².